The fourth-order valence-electron chi connectivity index (χ4n) is 9.82. The van der Waals surface area contributed by atoms with E-state index >= 15 is 0 Å². The largest absolute Gasteiger partial charge is 0.316 e. The zero-order valence-corrected chi connectivity index (χ0v) is 38.7. The maximum Gasteiger partial charge on any atom is 0.316 e. The fraction of sp³-hybridized carbons (Fsp3) is 0. The Morgan fingerprint density at radius 3 is 0.329 bits per heavy atom. The van der Waals surface area contributed by atoms with Crippen LogP contribution >= 0.6 is 0 Å². The lowest BCUT2D eigenvalue weighted by Crippen LogP contribution is -2.05. The van der Waals surface area contributed by atoms with Crippen LogP contribution in [0.3, 0.4) is 0 Å². The van der Waals surface area contributed by atoms with Crippen molar-refractivity contribution in [2.24, 2.45) is 39.9 Å². The van der Waals surface area contributed by atoms with E-state index in [1.807, 2.05) is 146 Å². The van der Waals surface area contributed by atoms with Gasteiger partial charge in [0.15, 0.2) is 46.7 Å². The Balaban J connectivity index is 0.00000543. The first kappa shape index (κ1) is 45.0. The third kappa shape index (κ3) is 8.36. The summed E-state index contributed by atoms with van der Waals surface area (Å²) in [6, 6.07) is 82.2. The second-order valence-corrected chi connectivity index (χ2v) is 17.4. The number of nitrogens with zero attached hydrogens (tertiary/aromatic N) is 8. The monoisotopic (exact) mass is 946 g/mol. The summed E-state index contributed by atoms with van der Waals surface area (Å²) in [4.78, 5) is 44.2. The first-order valence-electron chi connectivity index (χ1n) is 23.9. The van der Waals surface area contributed by atoms with E-state index in [9.17, 15) is 0 Å². The number of rotatable bonds is 8. The molecule has 0 unspecified atom stereocenters. The van der Waals surface area contributed by atoms with Gasteiger partial charge < -0.3 is 0 Å². The summed E-state index contributed by atoms with van der Waals surface area (Å²) >= 11 is 0. The molecule has 0 saturated heterocycles. The number of benzene rings is 8. The Labute approximate surface area is 438 Å². The van der Waals surface area contributed by atoms with Crippen LogP contribution in [-0.4, -0.2) is 69.7 Å². The molecule has 0 radical (unpaired) electrons. The molecular weight excluding hydrogens is 905 g/mol. The third-order valence-corrected chi connectivity index (χ3v) is 13.0. The molecule has 0 aromatic heterocycles. The van der Waals surface area contributed by atoms with Gasteiger partial charge in [0.25, 0.3) is 0 Å². The van der Waals surface area contributed by atoms with E-state index in [1.54, 1.807) is 0 Å². The summed E-state index contributed by atoms with van der Waals surface area (Å²) in [6.07, 6.45) is 0. The molecule has 0 fully saturated rings. The molecule has 0 aliphatic carbocycles. The molecule has 5 aliphatic heterocycles. The van der Waals surface area contributed by atoms with Crippen LogP contribution in [0.15, 0.2) is 283 Å². The van der Waals surface area contributed by atoms with Crippen molar-refractivity contribution in [3.8, 4) is 0 Å². The molecule has 340 valence electrons. The van der Waals surface area contributed by atoms with Crippen LogP contribution in [0.5, 0.6) is 0 Å². The van der Waals surface area contributed by atoms with E-state index < -0.39 is 0 Å². The predicted molar refractivity (Wildman–Crippen MR) is 307 cm³/mol. The van der Waals surface area contributed by atoms with Crippen molar-refractivity contribution in [3.63, 3.8) is 0 Å². The lowest BCUT2D eigenvalue weighted by molar-refractivity contribution is 1.49. The van der Waals surface area contributed by atoms with Crippen molar-refractivity contribution in [1.29, 1.82) is 0 Å². The van der Waals surface area contributed by atoms with Crippen molar-refractivity contribution < 1.29 is 0 Å². The Bertz CT molecular complexity index is 3340. The van der Waals surface area contributed by atoms with E-state index in [0.29, 0.717) is 46.7 Å². The predicted octanol–water partition coefficient (Wildman–Crippen LogP) is 12.8. The number of fused-ring (bicyclic) bond motifs is 4. The highest BCUT2D eigenvalue weighted by Crippen LogP contribution is 2.43. The molecule has 0 amide bonds. The minimum atomic E-state index is 0. The molecule has 5 aliphatic rings. The SMILES string of the molecule is [MgH2].c1ccc(C2=C(c3ccccc3)C3=NC4=NC(=NC5=NC(=NC6=NC(=NC2=N3)C(c2ccccc2)=C6c2ccccc2)C(c2ccccc2)=C5c2ccccc2)C(c2ccccc2)=C4c2ccccc2)cc1. The molecule has 5 heterocycles. The lowest BCUT2D eigenvalue weighted by atomic mass is 9.93. The van der Waals surface area contributed by atoms with E-state index in [-0.39, 0.29) is 23.1 Å². The molecule has 9 heteroatoms. The molecule has 0 N–H and O–H groups in total. The van der Waals surface area contributed by atoms with Gasteiger partial charge in [-0.05, 0) is 44.5 Å². The zero-order chi connectivity index (χ0) is 47.8. The summed E-state index contributed by atoms with van der Waals surface area (Å²) in [5, 5.41) is 0. The first-order chi connectivity index (χ1) is 35.7. The van der Waals surface area contributed by atoms with Gasteiger partial charge >= 0.3 is 23.1 Å². The second kappa shape index (κ2) is 19.6. The molecule has 8 bridgehead atoms. The minimum Gasteiger partial charge on any atom is -0.208 e. The van der Waals surface area contributed by atoms with Crippen LogP contribution in [0, 0.1) is 0 Å². The minimum absolute atomic E-state index is 0. The van der Waals surface area contributed by atoms with Crippen molar-refractivity contribution in [1.82, 2.24) is 0 Å². The highest BCUT2D eigenvalue weighted by molar-refractivity contribution is 6.60. The normalized spacial score (nSPS) is 16.0. The summed E-state index contributed by atoms with van der Waals surface area (Å²) in [5.74, 6) is 3.65. The van der Waals surface area contributed by atoms with E-state index in [2.05, 4.69) is 97.1 Å². The fourth-order valence-corrected chi connectivity index (χ4v) is 9.82. The van der Waals surface area contributed by atoms with E-state index in [1.165, 1.54) is 0 Å². The molecule has 13 rings (SSSR count). The van der Waals surface area contributed by atoms with Gasteiger partial charge in [0, 0.05) is 44.6 Å². The van der Waals surface area contributed by atoms with Gasteiger partial charge in [-0.25, -0.2) is 39.9 Å². The quantitative estimate of drug-likeness (QED) is 0.136. The highest BCUT2D eigenvalue weighted by atomic mass is 24.3. The Hall–Kier alpha value is -9.15. The topological polar surface area (TPSA) is 98.9 Å². The zero-order valence-electron chi connectivity index (χ0n) is 38.7. The van der Waals surface area contributed by atoms with Crippen LogP contribution < -0.4 is 0 Å². The van der Waals surface area contributed by atoms with Gasteiger partial charge in [-0.2, -0.15) is 0 Å². The number of hydrogen-bond acceptors (Lipinski definition) is 8. The molecule has 8 aromatic rings. The molecule has 8 aromatic carbocycles. The lowest BCUT2D eigenvalue weighted by Gasteiger charge is -2.12. The van der Waals surface area contributed by atoms with Crippen LogP contribution in [0.25, 0.3) is 44.6 Å². The van der Waals surface area contributed by atoms with Crippen LogP contribution in [0.2, 0.25) is 0 Å². The average molecular weight is 947 g/mol. The van der Waals surface area contributed by atoms with Crippen LogP contribution in [0.1, 0.15) is 44.5 Å². The van der Waals surface area contributed by atoms with Crippen molar-refractivity contribution in [2.75, 3.05) is 0 Å². The maximum atomic E-state index is 5.58. The van der Waals surface area contributed by atoms with Crippen molar-refractivity contribution >= 4 is 114 Å². The van der Waals surface area contributed by atoms with Gasteiger partial charge in [-0.3, -0.25) is 0 Å². The van der Waals surface area contributed by atoms with Gasteiger partial charge in [0.05, 0.1) is 0 Å². The van der Waals surface area contributed by atoms with Crippen molar-refractivity contribution in [2.45, 2.75) is 0 Å². The molecule has 73 heavy (non-hydrogen) atoms. The summed E-state index contributed by atoms with van der Waals surface area (Å²) < 4.78 is 0. The first-order valence-corrected chi connectivity index (χ1v) is 23.9. The van der Waals surface area contributed by atoms with Crippen molar-refractivity contribution in [3.05, 3.63) is 287 Å². The number of hydrogen-bond donors (Lipinski definition) is 0. The standard InChI is InChI=1S/C64H40N8.Mg.2H/c1-9-25-41(26-10-1)49-50(42-27-11-2-12-28-42)58-65-57(49)69-59-51(43-29-13-3-14-30-43)52(44-31-15-4-16-32-44)61(66-59)71-63-55(47-37-21-7-22-38-47)56(48-39-23-8-24-40-48)64(68-63)72-62-54(46-35-19-6-20-36-46)53(60(67-62)70-58)45-33-17-5-18-34-45;;;/h1-40H;;;. The van der Waals surface area contributed by atoms with Gasteiger partial charge in [-0.1, -0.05) is 243 Å². The third-order valence-electron chi connectivity index (χ3n) is 13.0. The summed E-state index contributed by atoms with van der Waals surface area (Å²) in [6.45, 7) is 0. The van der Waals surface area contributed by atoms with Gasteiger partial charge in [0.2, 0.25) is 0 Å². The molecule has 8 nitrogen and oxygen atoms in total. The number of aliphatic imine (C=N–C) groups is 8. The average Bonchev–Trinajstić information content (AvgIpc) is 4.20. The van der Waals surface area contributed by atoms with E-state index in [0.717, 1.165) is 89.1 Å². The highest BCUT2D eigenvalue weighted by Gasteiger charge is 2.37. The van der Waals surface area contributed by atoms with E-state index in [4.69, 9.17) is 39.9 Å². The van der Waals surface area contributed by atoms with Crippen LogP contribution in [0.4, 0.5) is 0 Å². The molecule has 0 atom stereocenters. The molecular formula is C64H42MgN8. The van der Waals surface area contributed by atoms with Gasteiger partial charge in [0.1, 0.15) is 0 Å². The van der Waals surface area contributed by atoms with Crippen LogP contribution in [-0.2, 0) is 0 Å². The van der Waals surface area contributed by atoms with Gasteiger partial charge in [-0.15, -0.1) is 0 Å². The summed E-state index contributed by atoms with van der Waals surface area (Å²) in [7, 11) is 0. The molecule has 0 saturated carbocycles. The maximum absolute atomic E-state index is 5.58. The Morgan fingerprint density at radius 1 is 0.137 bits per heavy atom. The number of amidine groups is 8. The Morgan fingerprint density at radius 2 is 0.233 bits per heavy atom. The molecule has 0 spiro atoms. The summed E-state index contributed by atoms with van der Waals surface area (Å²) in [5.41, 5.74) is 13.9. The second-order valence-electron chi connectivity index (χ2n) is 17.4. The Kier molecular flexibility index (Phi) is 12.1. The smallest absolute Gasteiger partial charge is 0.208 e.